The van der Waals surface area contributed by atoms with Crippen molar-refractivity contribution in [3.63, 3.8) is 0 Å². The van der Waals surface area contributed by atoms with Crippen LogP contribution in [0.3, 0.4) is 0 Å². The lowest BCUT2D eigenvalue weighted by Crippen LogP contribution is -2.26. The third-order valence-electron chi connectivity index (χ3n) is 3.86. The van der Waals surface area contributed by atoms with Crippen LogP contribution in [0.1, 0.15) is 25.8 Å². The number of hydrogen-bond donors (Lipinski definition) is 2. The van der Waals surface area contributed by atoms with E-state index in [1.54, 1.807) is 21.3 Å². The van der Waals surface area contributed by atoms with Gasteiger partial charge in [-0.2, -0.15) is 0 Å². The van der Waals surface area contributed by atoms with Gasteiger partial charge in [0.1, 0.15) is 0 Å². The van der Waals surface area contributed by atoms with Crippen LogP contribution in [0.4, 0.5) is 0 Å². The molecular weight excluding hydrogens is 308 g/mol. The Morgan fingerprint density at radius 2 is 1.88 bits per heavy atom. The molecule has 0 spiro atoms. The number of aromatic amines is 1. The maximum absolute atomic E-state index is 11.8. The Morgan fingerprint density at radius 1 is 1.17 bits per heavy atom. The van der Waals surface area contributed by atoms with E-state index >= 15 is 0 Å². The quantitative estimate of drug-likeness (QED) is 0.778. The number of aromatic nitrogens is 1. The third kappa shape index (κ3) is 3.75. The van der Waals surface area contributed by atoms with Gasteiger partial charge in [-0.15, -0.1) is 0 Å². The van der Waals surface area contributed by atoms with Crippen LogP contribution in [0.25, 0.3) is 10.9 Å². The average molecular weight is 334 g/mol. The normalized spacial score (nSPS) is 10.9. The lowest BCUT2D eigenvalue weighted by Gasteiger charge is -2.14. The standard InChI is InChI=1S/C18H26N2O4/c1-11(2)8-15(21)19-7-6-12-10-20-13-9-14(22-3)17(23-4)18(24-5)16(12)13/h9-11,20H,6-8H2,1-5H3,(H,19,21). The van der Waals surface area contributed by atoms with Crippen molar-refractivity contribution in [1.29, 1.82) is 0 Å². The van der Waals surface area contributed by atoms with Crippen molar-refractivity contribution in [1.82, 2.24) is 10.3 Å². The van der Waals surface area contributed by atoms with Gasteiger partial charge in [-0.25, -0.2) is 0 Å². The summed E-state index contributed by atoms with van der Waals surface area (Å²) >= 11 is 0. The van der Waals surface area contributed by atoms with E-state index in [1.165, 1.54) is 0 Å². The maximum atomic E-state index is 11.8. The number of methoxy groups -OCH3 is 3. The Labute approximate surface area is 142 Å². The van der Waals surface area contributed by atoms with E-state index in [2.05, 4.69) is 10.3 Å². The molecule has 0 radical (unpaired) electrons. The van der Waals surface area contributed by atoms with E-state index in [1.807, 2.05) is 26.1 Å². The molecule has 0 fully saturated rings. The molecule has 1 heterocycles. The van der Waals surface area contributed by atoms with E-state index in [4.69, 9.17) is 14.2 Å². The molecule has 0 unspecified atom stereocenters. The molecule has 132 valence electrons. The fourth-order valence-corrected chi connectivity index (χ4v) is 2.80. The molecule has 2 aromatic rings. The van der Waals surface area contributed by atoms with Crippen LogP contribution < -0.4 is 19.5 Å². The van der Waals surface area contributed by atoms with Gasteiger partial charge in [-0.05, 0) is 17.9 Å². The fraction of sp³-hybridized carbons (Fsp3) is 0.500. The highest BCUT2D eigenvalue weighted by Crippen LogP contribution is 2.44. The molecule has 0 aliphatic heterocycles. The molecule has 0 aliphatic carbocycles. The summed E-state index contributed by atoms with van der Waals surface area (Å²) in [5, 5.41) is 3.91. The molecule has 6 heteroatoms. The van der Waals surface area contributed by atoms with E-state index in [9.17, 15) is 4.79 Å². The van der Waals surface area contributed by atoms with Crippen LogP contribution in [-0.2, 0) is 11.2 Å². The number of nitrogens with one attached hydrogen (secondary N) is 2. The van der Waals surface area contributed by atoms with E-state index < -0.39 is 0 Å². The Bertz CT molecular complexity index is 707. The zero-order valence-corrected chi connectivity index (χ0v) is 15.0. The first-order valence-corrected chi connectivity index (χ1v) is 8.07. The smallest absolute Gasteiger partial charge is 0.220 e. The molecule has 24 heavy (non-hydrogen) atoms. The van der Waals surface area contributed by atoms with E-state index in [-0.39, 0.29) is 5.91 Å². The van der Waals surface area contributed by atoms with Crippen molar-refractivity contribution < 1.29 is 19.0 Å². The van der Waals surface area contributed by atoms with Gasteiger partial charge in [0.15, 0.2) is 11.5 Å². The number of carbonyl (C=O) groups is 1. The Hall–Kier alpha value is -2.37. The molecule has 1 aromatic heterocycles. The first-order chi connectivity index (χ1) is 11.5. The van der Waals surface area contributed by atoms with Crippen LogP contribution in [0.2, 0.25) is 0 Å². The number of H-pyrrole nitrogens is 1. The number of hydrogen-bond acceptors (Lipinski definition) is 4. The van der Waals surface area contributed by atoms with Gasteiger partial charge in [0.25, 0.3) is 0 Å². The first kappa shape index (κ1) is 18.0. The molecule has 0 bridgehead atoms. The van der Waals surface area contributed by atoms with Crippen LogP contribution >= 0.6 is 0 Å². The number of carbonyl (C=O) groups excluding carboxylic acids is 1. The minimum absolute atomic E-state index is 0.0797. The number of fused-ring (bicyclic) bond motifs is 1. The summed E-state index contributed by atoms with van der Waals surface area (Å²) in [6.07, 6.45) is 3.18. The van der Waals surface area contributed by atoms with Crippen molar-refractivity contribution in [2.75, 3.05) is 27.9 Å². The van der Waals surface area contributed by atoms with Gasteiger partial charge in [0, 0.05) is 30.6 Å². The highest BCUT2D eigenvalue weighted by Gasteiger charge is 2.19. The number of rotatable bonds is 8. The van der Waals surface area contributed by atoms with Gasteiger partial charge in [0.05, 0.1) is 26.8 Å². The predicted molar refractivity (Wildman–Crippen MR) is 94.1 cm³/mol. The Kier molecular flexibility index (Phi) is 5.95. The summed E-state index contributed by atoms with van der Waals surface area (Å²) in [7, 11) is 4.79. The second kappa shape index (κ2) is 7.95. The molecule has 1 aromatic carbocycles. The van der Waals surface area contributed by atoms with Crippen LogP contribution in [0, 0.1) is 5.92 Å². The number of ether oxygens (including phenoxy) is 3. The molecule has 0 aliphatic rings. The van der Waals surface area contributed by atoms with Gasteiger partial charge in [-0.1, -0.05) is 13.8 Å². The van der Waals surface area contributed by atoms with E-state index in [0.717, 1.165) is 16.5 Å². The van der Waals surface area contributed by atoms with Gasteiger partial charge < -0.3 is 24.5 Å². The van der Waals surface area contributed by atoms with Crippen molar-refractivity contribution in [2.24, 2.45) is 5.92 Å². The maximum Gasteiger partial charge on any atom is 0.220 e. The monoisotopic (exact) mass is 334 g/mol. The third-order valence-corrected chi connectivity index (χ3v) is 3.86. The van der Waals surface area contributed by atoms with Crippen LogP contribution in [0.5, 0.6) is 17.2 Å². The highest BCUT2D eigenvalue weighted by molar-refractivity contribution is 5.94. The number of benzene rings is 1. The average Bonchev–Trinajstić information content (AvgIpc) is 2.95. The highest BCUT2D eigenvalue weighted by atomic mass is 16.5. The molecule has 0 saturated carbocycles. The van der Waals surface area contributed by atoms with Crippen molar-refractivity contribution in [2.45, 2.75) is 26.7 Å². The van der Waals surface area contributed by atoms with Crippen molar-refractivity contribution in [3.8, 4) is 17.2 Å². The summed E-state index contributed by atoms with van der Waals surface area (Å²) in [6.45, 7) is 4.64. The molecule has 0 atom stereocenters. The molecule has 2 N–H and O–H groups in total. The zero-order chi connectivity index (χ0) is 17.7. The van der Waals surface area contributed by atoms with Crippen LogP contribution in [-0.4, -0.2) is 38.8 Å². The summed E-state index contributed by atoms with van der Waals surface area (Å²) in [5.41, 5.74) is 1.97. The summed E-state index contributed by atoms with van der Waals surface area (Å²) < 4.78 is 16.4. The van der Waals surface area contributed by atoms with Gasteiger partial charge in [0.2, 0.25) is 11.7 Å². The van der Waals surface area contributed by atoms with Crippen molar-refractivity contribution in [3.05, 3.63) is 17.8 Å². The SMILES string of the molecule is COc1cc2[nH]cc(CCNC(=O)CC(C)C)c2c(OC)c1OC. The van der Waals surface area contributed by atoms with Crippen LogP contribution in [0.15, 0.2) is 12.3 Å². The molecule has 2 rings (SSSR count). The molecule has 1 amide bonds. The minimum atomic E-state index is 0.0797. The summed E-state index contributed by atoms with van der Waals surface area (Å²) in [4.78, 5) is 15.0. The first-order valence-electron chi connectivity index (χ1n) is 8.07. The number of amides is 1. The lowest BCUT2D eigenvalue weighted by molar-refractivity contribution is -0.121. The predicted octanol–water partition coefficient (Wildman–Crippen LogP) is 2.90. The summed E-state index contributed by atoms with van der Waals surface area (Å²) in [6, 6.07) is 1.89. The largest absolute Gasteiger partial charge is 0.493 e. The van der Waals surface area contributed by atoms with Gasteiger partial charge >= 0.3 is 0 Å². The zero-order valence-electron chi connectivity index (χ0n) is 15.0. The second-order valence-corrected chi connectivity index (χ2v) is 6.08. The molecular formula is C18H26N2O4. The second-order valence-electron chi connectivity index (χ2n) is 6.08. The fourth-order valence-electron chi connectivity index (χ4n) is 2.80. The lowest BCUT2D eigenvalue weighted by atomic mass is 10.1. The Morgan fingerprint density at radius 3 is 2.46 bits per heavy atom. The van der Waals surface area contributed by atoms with E-state index in [0.29, 0.717) is 42.6 Å². The topological polar surface area (TPSA) is 72.6 Å². The summed E-state index contributed by atoms with van der Waals surface area (Å²) in [5.74, 6) is 2.25. The molecule has 0 saturated heterocycles. The molecule has 6 nitrogen and oxygen atoms in total. The minimum Gasteiger partial charge on any atom is -0.493 e. The Balaban J connectivity index is 2.24. The van der Waals surface area contributed by atoms with Crippen molar-refractivity contribution >= 4 is 16.8 Å². The van der Waals surface area contributed by atoms with Gasteiger partial charge in [-0.3, -0.25) is 4.79 Å².